The number of nitrogens with one attached hydrogen (secondary N) is 1. The fourth-order valence-corrected chi connectivity index (χ4v) is 1.56. The average molecular weight is 281 g/mol. The number of pyridine rings is 1. The van der Waals surface area contributed by atoms with Gasteiger partial charge in [0.2, 0.25) is 0 Å². The number of amides is 1. The molecule has 1 heterocycles. The number of hydrogen-bond donors (Lipinski definition) is 2. The second-order valence-electron chi connectivity index (χ2n) is 3.95. The van der Waals surface area contributed by atoms with E-state index in [0.717, 1.165) is 5.56 Å². The predicted octanol–water partition coefficient (Wildman–Crippen LogP) is 2.21. The van der Waals surface area contributed by atoms with Gasteiger partial charge < -0.3 is 11.1 Å². The first-order valence-corrected chi connectivity index (χ1v) is 5.62. The summed E-state index contributed by atoms with van der Waals surface area (Å²) in [4.78, 5) is 15.6. The molecule has 0 aliphatic heterocycles. The van der Waals surface area contributed by atoms with Crippen LogP contribution in [-0.4, -0.2) is 10.9 Å². The van der Waals surface area contributed by atoms with Crippen LogP contribution in [0.5, 0.6) is 0 Å². The molecule has 3 N–H and O–H groups in total. The zero-order valence-electron chi connectivity index (χ0n) is 10.2. The van der Waals surface area contributed by atoms with Crippen molar-refractivity contribution in [1.29, 1.82) is 0 Å². The molecular weight excluding hydrogens is 271 g/mol. The zero-order chi connectivity index (χ0) is 14.7. The molecule has 20 heavy (non-hydrogen) atoms. The maximum absolute atomic E-state index is 13.4. The molecule has 1 aromatic carbocycles. The lowest BCUT2D eigenvalue weighted by atomic mass is 10.1. The average Bonchev–Trinajstić information content (AvgIpc) is 2.38. The zero-order valence-corrected chi connectivity index (χ0v) is 10.2. The lowest BCUT2D eigenvalue weighted by Gasteiger charge is -2.07. The molecule has 2 rings (SSSR count). The fourth-order valence-electron chi connectivity index (χ4n) is 1.56. The molecule has 0 bridgehead atoms. The summed E-state index contributed by atoms with van der Waals surface area (Å²) in [5.74, 6) is -4.59. The number of carbonyl (C=O) groups excluding carboxylic acids is 1. The summed E-state index contributed by atoms with van der Waals surface area (Å²) in [6.07, 6.45) is 1.42. The van der Waals surface area contributed by atoms with E-state index in [2.05, 4.69) is 10.3 Å². The highest BCUT2D eigenvalue weighted by atomic mass is 19.1. The Morgan fingerprint density at radius 3 is 2.35 bits per heavy atom. The summed E-state index contributed by atoms with van der Waals surface area (Å²) >= 11 is 0. The van der Waals surface area contributed by atoms with E-state index in [1.807, 2.05) is 0 Å². The van der Waals surface area contributed by atoms with Crippen molar-refractivity contribution in [2.75, 3.05) is 5.32 Å². The number of benzene rings is 1. The molecule has 1 amide bonds. The van der Waals surface area contributed by atoms with Crippen LogP contribution in [0.25, 0.3) is 0 Å². The molecule has 2 aromatic rings. The Bertz CT molecular complexity index is 621. The summed E-state index contributed by atoms with van der Waals surface area (Å²) in [5, 5.41) is 2.22. The van der Waals surface area contributed by atoms with E-state index < -0.39 is 28.9 Å². The fraction of sp³-hybridized carbons (Fsp3) is 0.0769. The van der Waals surface area contributed by atoms with Crippen LogP contribution in [-0.2, 0) is 6.54 Å². The van der Waals surface area contributed by atoms with Gasteiger partial charge in [0.15, 0.2) is 0 Å². The maximum atomic E-state index is 13.4. The molecule has 0 aliphatic rings. The Morgan fingerprint density at radius 2 is 1.85 bits per heavy atom. The maximum Gasteiger partial charge on any atom is 0.262 e. The molecule has 0 saturated carbocycles. The van der Waals surface area contributed by atoms with Gasteiger partial charge in [-0.05, 0) is 11.6 Å². The van der Waals surface area contributed by atoms with E-state index in [9.17, 15) is 18.0 Å². The molecule has 0 fully saturated rings. The summed E-state index contributed by atoms with van der Waals surface area (Å²) in [6.45, 7) is 0.280. The molecule has 4 nitrogen and oxygen atoms in total. The number of hydrogen-bond acceptors (Lipinski definition) is 3. The van der Waals surface area contributed by atoms with Gasteiger partial charge in [0.1, 0.15) is 28.8 Å². The van der Waals surface area contributed by atoms with Crippen LogP contribution in [0.1, 0.15) is 15.9 Å². The van der Waals surface area contributed by atoms with E-state index in [1.165, 1.54) is 12.3 Å². The molecular formula is C13H10F3N3O. The van der Waals surface area contributed by atoms with Gasteiger partial charge in [-0.3, -0.25) is 4.79 Å². The van der Waals surface area contributed by atoms with Crippen LogP contribution in [0.15, 0.2) is 30.5 Å². The topological polar surface area (TPSA) is 68.0 Å². The number of aromatic nitrogens is 1. The van der Waals surface area contributed by atoms with Crippen LogP contribution in [0.2, 0.25) is 0 Å². The monoisotopic (exact) mass is 281 g/mol. The van der Waals surface area contributed by atoms with E-state index >= 15 is 0 Å². The lowest BCUT2D eigenvalue weighted by molar-refractivity contribution is 0.101. The summed E-state index contributed by atoms with van der Waals surface area (Å²) in [6, 6.07) is 3.92. The third kappa shape index (κ3) is 2.94. The first-order chi connectivity index (χ1) is 9.51. The Labute approximate surface area is 112 Å². The molecule has 0 aliphatic carbocycles. The Morgan fingerprint density at radius 1 is 1.20 bits per heavy atom. The van der Waals surface area contributed by atoms with E-state index in [4.69, 9.17) is 5.73 Å². The SMILES string of the molecule is NCc1ccc(NC(=O)c2c(F)cc(F)cc2F)nc1. The van der Waals surface area contributed by atoms with Gasteiger partial charge in [0.05, 0.1) is 0 Å². The minimum atomic E-state index is -1.28. The van der Waals surface area contributed by atoms with Gasteiger partial charge in [-0.15, -0.1) is 0 Å². The third-order valence-corrected chi connectivity index (χ3v) is 2.54. The Kier molecular flexibility index (Phi) is 3.99. The molecule has 7 heteroatoms. The number of halogens is 3. The van der Waals surface area contributed by atoms with Gasteiger partial charge in [0, 0.05) is 24.9 Å². The number of carbonyl (C=O) groups is 1. The van der Waals surface area contributed by atoms with Gasteiger partial charge in [-0.25, -0.2) is 18.2 Å². The van der Waals surface area contributed by atoms with Gasteiger partial charge in [-0.2, -0.15) is 0 Å². The first-order valence-electron chi connectivity index (χ1n) is 5.62. The smallest absolute Gasteiger partial charge is 0.262 e. The highest BCUT2D eigenvalue weighted by Crippen LogP contribution is 2.16. The minimum absolute atomic E-state index is 0.107. The largest absolute Gasteiger partial charge is 0.326 e. The quantitative estimate of drug-likeness (QED) is 0.906. The molecule has 0 unspecified atom stereocenters. The van der Waals surface area contributed by atoms with Crippen molar-refractivity contribution in [3.8, 4) is 0 Å². The van der Waals surface area contributed by atoms with E-state index in [1.54, 1.807) is 6.07 Å². The van der Waals surface area contributed by atoms with Crippen molar-refractivity contribution >= 4 is 11.7 Å². The van der Waals surface area contributed by atoms with Crippen molar-refractivity contribution in [3.05, 3.63) is 59.0 Å². The normalized spacial score (nSPS) is 10.4. The van der Waals surface area contributed by atoms with Crippen LogP contribution in [0, 0.1) is 17.5 Å². The van der Waals surface area contributed by atoms with Crippen molar-refractivity contribution in [1.82, 2.24) is 4.98 Å². The van der Waals surface area contributed by atoms with E-state index in [-0.39, 0.29) is 12.4 Å². The van der Waals surface area contributed by atoms with Crippen LogP contribution >= 0.6 is 0 Å². The van der Waals surface area contributed by atoms with E-state index in [0.29, 0.717) is 12.1 Å². The summed E-state index contributed by atoms with van der Waals surface area (Å²) in [5.41, 5.74) is 5.26. The number of nitrogens with two attached hydrogens (primary N) is 1. The first kappa shape index (κ1) is 14.0. The van der Waals surface area contributed by atoms with Crippen molar-refractivity contribution in [2.24, 2.45) is 5.73 Å². The molecule has 0 spiro atoms. The highest BCUT2D eigenvalue weighted by molar-refractivity contribution is 6.04. The lowest BCUT2D eigenvalue weighted by Crippen LogP contribution is -2.17. The number of rotatable bonds is 3. The van der Waals surface area contributed by atoms with Gasteiger partial charge in [0.25, 0.3) is 5.91 Å². The van der Waals surface area contributed by atoms with Crippen molar-refractivity contribution in [3.63, 3.8) is 0 Å². The standard InChI is InChI=1S/C13H10F3N3O/c14-8-3-9(15)12(10(16)4-8)13(20)19-11-2-1-7(5-17)6-18-11/h1-4,6H,5,17H2,(H,18,19,20). The molecule has 104 valence electrons. The minimum Gasteiger partial charge on any atom is -0.326 e. The van der Waals surface area contributed by atoms with Crippen LogP contribution in [0.3, 0.4) is 0 Å². The predicted molar refractivity (Wildman–Crippen MR) is 66.4 cm³/mol. The highest BCUT2D eigenvalue weighted by Gasteiger charge is 2.19. The number of nitrogens with zero attached hydrogens (tertiary/aromatic N) is 1. The molecule has 0 saturated heterocycles. The Hall–Kier alpha value is -2.41. The van der Waals surface area contributed by atoms with Crippen molar-refractivity contribution in [2.45, 2.75) is 6.54 Å². The third-order valence-electron chi connectivity index (χ3n) is 2.54. The second-order valence-corrected chi connectivity index (χ2v) is 3.95. The molecule has 0 atom stereocenters. The number of anilines is 1. The molecule has 1 aromatic heterocycles. The Balaban J connectivity index is 2.23. The molecule has 0 radical (unpaired) electrons. The van der Waals surface area contributed by atoms with Gasteiger partial charge >= 0.3 is 0 Å². The summed E-state index contributed by atoms with van der Waals surface area (Å²) in [7, 11) is 0. The van der Waals surface area contributed by atoms with Crippen LogP contribution < -0.4 is 11.1 Å². The van der Waals surface area contributed by atoms with Crippen molar-refractivity contribution < 1.29 is 18.0 Å². The summed E-state index contributed by atoms with van der Waals surface area (Å²) < 4.78 is 39.6. The second kappa shape index (κ2) is 5.70. The van der Waals surface area contributed by atoms with Gasteiger partial charge in [-0.1, -0.05) is 6.07 Å². The van der Waals surface area contributed by atoms with Crippen LogP contribution in [0.4, 0.5) is 19.0 Å².